The summed E-state index contributed by atoms with van der Waals surface area (Å²) < 4.78 is 4.71. The summed E-state index contributed by atoms with van der Waals surface area (Å²) in [6, 6.07) is 0. The standard InChI is InChI=1S/C11H23NO2/c1-7-10(2,3)8-12-11(4,5)9(13)14-6/h12H,7-8H2,1-6H3. The van der Waals surface area contributed by atoms with Crippen molar-refractivity contribution in [3.8, 4) is 0 Å². The highest BCUT2D eigenvalue weighted by Crippen LogP contribution is 2.19. The predicted molar refractivity (Wildman–Crippen MR) is 58.2 cm³/mol. The fourth-order valence-electron chi connectivity index (χ4n) is 0.913. The topological polar surface area (TPSA) is 38.3 Å². The average molecular weight is 201 g/mol. The Hall–Kier alpha value is -0.570. The molecular formula is C11H23NO2. The normalized spacial score (nSPS) is 12.7. The Bertz CT molecular complexity index is 197. The molecule has 84 valence electrons. The van der Waals surface area contributed by atoms with E-state index in [4.69, 9.17) is 4.74 Å². The third kappa shape index (κ3) is 4.09. The molecule has 0 fully saturated rings. The van der Waals surface area contributed by atoms with Crippen molar-refractivity contribution in [3.05, 3.63) is 0 Å². The summed E-state index contributed by atoms with van der Waals surface area (Å²) in [7, 11) is 1.41. The molecule has 0 atom stereocenters. The lowest BCUT2D eigenvalue weighted by Crippen LogP contribution is -2.50. The van der Waals surface area contributed by atoms with Crippen molar-refractivity contribution in [2.45, 2.75) is 46.6 Å². The SMILES string of the molecule is CCC(C)(C)CNC(C)(C)C(=O)OC. The van der Waals surface area contributed by atoms with Crippen LogP contribution < -0.4 is 5.32 Å². The van der Waals surface area contributed by atoms with E-state index >= 15 is 0 Å². The molecule has 14 heavy (non-hydrogen) atoms. The second-order valence-electron chi connectivity index (χ2n) is 4.99. The van der Waals surface area contributed by atoms with Crippen molar-refractivity contribution in [3.63, 3.8) is 0 Å². The molecule has 0 aliphatic heterocycles. The number of ether oxygens (including phenoxy) is 1. The van der Waals surface area contributed by atoms with E-state index in [0.717, 1.165) is 13.0 Å². The number of carbonyl (C=O) groups excluding carboxylic acids is 1. The summed E-state index contributed by atoms with van der Waals surface area (Å²) in [6.07, 6.45) is 1.08. The van der Waals surface area contributed by atoms with Gasteiger partial charge < -0.3 is 10.1 Å². The predicted octanol–water partition coefficient (Wildman–Crippen LogP) is 1.96. The molecule has 0 aromatic heterocycles. The number of hydrogen-bond acceptors (Lipinski definition) is 3. The van der Waals surface area contributed by atoms with Gasteiger partial charge in [0.2, 0.25) is 0 Å². The molecule has 0 amide bonds. The van der Waals surface area contributed by atoms with Gasteiger partial charge in [0, 0.05) is 6.54 Å². The van der Waals surface area contributed by atoms with Gasteiger partial charge in [-0.15, -0.1) is 0 Å². The molecule has 0 radical (unpaired) electrons. The minimum absolute atomic E-state index is 0.214. The Balaban J connectivity index is 4.18. The van der Waals surface area contributed by atoms with Gasteiger partial charge in [0.25, 0.3) is 0 Å². The van der Waals surface area contributed by atoms with Crippen LogP contribution in [0, 0.1) is 5.41 Å². The van der Waals surface area contributed by atoms with E-state index < -0.39 is 5.54 Å². The van der Waals surface area contributed by atoms with E-state index in [0.29, 0.717) is 0 Å². The number of rotatable bonds is 5. The Labute approximate surface area is 87.2 Å². The molecular weight excluding hydrogens is 178 g/mol. The first-order valence-electron chi connectivity index (χ1n) is 5.08. The van der Waals surface area contributed by atoms with Crippen LogP contribution in [0.25, 0.3) is 0 Å². The van der Waals surface area contributed by atoms with E-state index in [2.05, 4.69) is 26.1 Å². The van der Waals surface area contributed by atoms with Crippen LogP contribution in [0.4, 0.5) is 0 Å². The monoisotopic (exact) mass is 201 g/mol. The first-order chi connectivity index (χ1) is 6.25. The van der Waals surface area contributed by atoms with Gasteiger partial charge in [0.15, 0.2) is 0 Å². The molecule has 0 spiro atoms. The number of methoxy groups -OCH3 is 1. The second-order valence-corrected chi connectivity index (χ2v) is 4.99. The van der Waals surface area contributed by atoms with Gasteiger partial charge in [0.1, 0.15) is 5.54 Å². The van der Waals surface area contributed by atoms with Crippen molar-refractivity contribution in [2.24, 2.45) is 5.41 Å². The smallest absolute Gasteiger partial charge is 0.325 e. The minimum Gasteiger partial charge on any atom is -0.468 e. The van der Waals surface area contributed by atoms with Crippen LogP contribution in [-0.4, -0.2) is 25.2 Å². The molecule has 0 saturated carbocycles. The number of carbonyl (C=O) groups is 1. The van der Waals surface area contributed by atoms with Crippen LogP contribution in [-0.2, 0) is 9.53 Å². The highest BCUT2D eigenvalue weighted by molar-refractivity contribution is 5.79. The maximum Gasteiger partial charge on any atom is 0.325 e. The lowest BCUT2D eigenvalue weighted by molar-refractivity contribution is -0.147. The molecule has 1 N–H and O–H groups in total. The fraction of sp³-hybridized carbons (Fsp3) is 0.909. The molecule has 0 saturated heterocycles. The molecule has 0 aliphatic carbocycles. The number of hydrogen-bond donors (Lipinski definition) is 1. The van der Waals surface area contributed by atoms with Crippen LogP contribution in [0.5, 0.6) is 0 Å². The Morgan fingerprint density at radius 3 is 2.14 bits per heavy atom. The van der Waals surface area contributed by atoms with Gasteiger partial charge in [-0.25, -0.2) is 0 Å². The van der Waals surface area contributed by atoms with E-state index in [9.17, 15) is 4.79 Å². The largest absolute Gasteiger partial charge is 0.468 e. The summed E-state index contributed by atoms with van der Waals surface area (Å²) in [5, 5.41) is 3.23. The van der Waals surface area contributed by atoms with E-state index in [1.165, 1.54) is 7.11 Å². The first kappa shape index (κ1) is 13.4. The Morgan fingerprint density at radius 2 is 1.79 bits per heavy atom. The van der Waals surface area contributed by atoms with Crippen LogP contribution >= 0.6 is 0 Å². The molecule has 0 heterocycles. The highest BCUT2D eigenvalue weighted by Gasteiger charge is 2.30. The van der Waals surface area contributed by atoms with Crippen LogP contribution in [0.3, 0.4) is 0 Å². The van der Waals surface area contributed by atoms with Gasteiger partial charge >= 0.3 is 5.97 Å². The van der Waals surface area contributed by atoms with Crippen molar-refractivity contribution in [1.82, 2.24) is 5.32 Å². The fourth-order valence-corrected chi connectivity index (χ4v) is 0.913. The first-order valence-corrected chi connectivity index (χ1v) is 5.08. The van der Waals surface area contributed by atoms with Crippen molar-refractivity contribution in [1.29, 1.82) is 0 Å². The van der Waals surface area contributed by atoms with Crippen LogP contribution in [0.2, 0.25) is 0 Å². The summed E-state index contributed by atoms with van der Waals surface area (Å²) >= 11 is 0. The zero-order valence-corrected chi connectivity index (χ0v) is 10.2. The summed E-state index contributed by atoms with van der Waals surface area (Å²) in [5.41, 5.74) is -0.382. The molecule has 0 aliphatic rings. The van der Waals surface area contributed by atoms with Gasteiger partial charge in [-0.3, -0.25) is 4.79 Å². The van der Waals surface area contributed by atoms with Gasteiger partial charge in [0.05, 0.1) is 7.11 Å². The molecule has 0 unspecified atom stereocenters. The summed E-state index contributed by atoms with van der Waals surface area (Å²) in [6.45, 7) is 11.0. The lowest BCUT2D eigenvalue weighted by atomic mass is 9.89. The van der Waals surface area contributed by atoms with Crippen molar-refractivity contribution >= 4 is 5.97 Å². The van der Waals surface area contributed by atoms with Crippen molar-refractivity contribution in [2.75, 3.05) is 13.7 Å². The van der Waals surface area contributed by atoms with Crippen molar-refractivity contribution < 1.29 is 9.53 Å². The lowest BCUT2D eigenvalue weighted by Gasteiger charge is -2.30. The molecule has 0 bridgehead atoms. The minimum atomic E-state index is -0.596. The van der Waals surface area contributed by atoms with E-state index in [-0.39, 0.29) is 11.4 Å². The molecule has 0 aromatic rings. The Morgan fingerprint density at radius 1 is 1.29 bits per heavy atom. The summed E-state index contributed by atoms with van der Waals surface area (Å²) in [5.74, 6) is -0.218. The zero-order valence-electron chi connectivity index (χ0n) is 10.2. The van der Waals surface area contributed by atoms with Gasteiger partial charge in [-0.05, 0) is 25.7 Å². The molecule has 0 aromatic carbocycles. The number of esters is 1. The molecule has 3 heteroatoms. The Kier molecular flexibility index (Phi) is 4.59. The van der Waals surface area contributed by atoms with Crippen LogP contribution in [0.1, 0.15) is 41.0 Å². The van der Waals surface area contributed by atoms with E-state index in [1.807, 2.05) is 13.8 Å². The van der Waals surface area contributed by atoms with Gasteiger partial charge in [-0.1, -0.05) is 20.8 Å². The summed E-state index contributed by atoms with van der Waals surface area (Å²) in [4.78, 5) is 11.4. The third-order valence-electron chi connectivity index (χ3n) is 2.66. The molecule has 3 nitrogen and oxygen atoms in total. The van der Waals surface area contributed by atoms with Crippen LogP contribution in [0.15, 0.2) is 0 Å². The number of nitrogens with one attached hydrogen (secondary N) is 1. The maximum absolute atomic E-state index is 11.4. The quantitative estimate of drug-likeness (QED) is 0.691. The molecule has 0 rings (SSSR count). The zero-order chi connectivity index (χ0) is 11.4. The second kappa shape index (κ2) is 4.78. The van der Waals surface area contributed by atoms with Gasteiger partial charge in [-0.2, -0.15) is 0 Å². The maximum atomic E-state index is 11.4. The highest BCUT2D eigenvalue weighted by atomic mass is 16.5. The third-order valence-corrected chi connectivity index (χ3v) is 2.66. The average Bonchev–Trinajstić information content (AvgIpc) is 2.14. The van der Waals surface area contributed by atoms with E-state index in [1.54, 1.807) is 0 Å².